The van der Waals surface area contributed by atoms with Gasteiger partial charge in [0, 0.05) is 13.8 Å². The van der Waals surface area contributed by atoms with Crippen LogP contribution in [0.1, 0.15) is 25.5 Å². The minimum Gasteiger partial charge on any atom is -0.431 e. The van der Waals surface area contributed by atoms with E-state index in [1.54, 1.807) is 13.8 Å². The number of benzene rings is 1. The largest absolute Gasteiger partial charge is 0.431 e. The van der Waals surface area contributed by atoms with Crippen molar-refractivity contribution in [2.45, 2.75) is 25.7 Å². The molecule has 1 saturated heterocycles. The highest BCUT2D eigenvalue weighted by Gasteiger charge is 2.41. The average molecular weight is 192 g/mol. The second-order valence-electron chi connectivity index (χ2n) is 3.73. The van der Waals surface area contributed by atoms with Gasteiger partial charge >= 0.3 is 5.97 Å². The van der Waals surface area contributed by atoms with Gasteiger partial charge < -0.3 is 9.47 Å². The number of hydrogen-bond acceptors (Lipinski definition) is 3. The molecule has 1 fully saturated rings. The SMILES string of the molecule is CC1(C)OC(=O)[C@@H](c2ccccc2)O1. The first-order valence-corrected chi connectivity index (χ1v) is 4.54. The van der Waals surface area contributed by atoms with Crippen LogP contribution in [0.4, 0.5) is 0 Å². The topological polar surface area (TPSA) is 35.5 Å². The molecule has 0 aliphatic carbocycles. The molecule has 3 heteroatoms. The molecule has 0 aromatic heterocycles. The molecule has 0 N–H and O–H groups in total. The minimum absolute atomic E-state index is 0.318. The van der Waals surface area contributed by atoms with Gasteiger partial charge in [-0.05, 0) is 5.56 Å². The van der Waals surface area contributed by atoms with E-state index >= 15 is 0 Å². The van der Waals surface area contributed by atoms with E-state index in [4.69, 9.17) is 9.47 Å². The Morgan fingerprint density at radius 2 is 1.86 bits per heavy atom. The molecular weight excluding hydrogens is 180 g/mol. The fourth-order valence-corrected chi connectivity index (χ4v) is 1.48. The van der Waals surface area contributed by atoms with E-state index in [0.717, 1.165) is 5.56 Å². The molecule has 1 aromatic carbocycles. The first-order valence-electron chi connectivity index (χ1n) is 4.54. The zero-order valence-corrected chi connectivity index (χ0v) is 8.19. The zero-order valence-electron chi connectivity index (χ0n) is 8.19. The first kappa shape index (κ1) is 9.21. The standard InChI is InChI=1S/C11H12O3/c1-11(2)13-9(10(12)14-11)8-6-4-3-5-7-8/h3-7,9H,1-2H3/t9-/m1/s1. The molecule has 1 aliphatic rings. The summed E-state index contributed by atoms with van der Waals surface area (Å²) in [4.78, 5) is 11.4. The van der Waals surface area contributed by atoms with Crippen molar-refractivity contribution in [2.75, 3.05) is 0 Å². The van der Waals surface area contributed by atoms with Gasteiger partial charge in [-0.1, -0.05) is 30.3 Å². The summed E-state index contributed by atoms with van der Waals surface area (Å²) in [5.74, 6) is -1.13. The smallest absolute Gasteiger partial charge is 0.342 e. The molecule has 0 radical (unpaired) electrons. The Morgan fingerprint density at radius 1 is 1.21 bits per heavy atom. The number of esters is 1. The second kappa shape index (κ2) is 3.10. The summed E-state index contributed by atoms with van der Waals surface area (Å²) in [6, 6.07) is 9.35. The Hall–Kier alpha value is -1.35. The maximum absolute atomic E-state index is 11.4. The summed E-state index contributed by atoms with van der Waals surface area (Å²) in [7, 11) is 0. The van der Waals surface area contributed by atoms with Gasteiger partial charge in [0.2, 0.25) is 5.79 Å². The highest BCUT2D eigenvalue weighted by atomic mass is 16.8. The fraction of sp³-hybridized carbons (Fsp3) is 0.364. The summed E-state index contributed by atoms with van der Waals surface area (Å²) in [6.07, 6.45) is -0.578. The number of hydrogen-bond donors (Lipinski definition) is 0. The number of carbonyl (C=O) groups is 1. The van der Waals surface area contributed by atoms with Crippen LogP contribution >= 0.6 is 0 Å². The summed E-state index contributed by atoms with van der Waals surface area (Å²) in [5.41, 5.74) is 0.836. The van der Waals surface area contributed by atoms with E-state index in [9.17, 15) is 4.79 Å². The van der Waals surface area contributed by atoms with Crippen LogP contribution in [0.5, 0.6) is 0 Å². The monoisotopic (exact) mass is 192 g/mol. The number of ether oxygens (including phenoxy) is 2. The van der Waals surface area contributed by atoms with Crippen molar-refractivity contribution in [2.24, 2.45) is 0 Å². The van der Waals surface area contributed by atoms with Gasteiger partial charge in [-0.2, -0.15) is 0 Å². The van der Waals surface area contributed by atoms with Crippen molar-refractivity contribution >= 4 is 5.97 Å². The summed E-state index contributed by atoms with van der Waals surface area (Å²) in [5, 5.41) is 0. The Bertz CT molecular complexity index is 343. The molecule has 74 valence electrons. The van der Waals surface area contributed by atoms with Gasteiger partial charge in [-0.15, -0.1) is 0 Å². The fourth-order valence-electron chi connectivity index (χ4n) is 1.48. The Labute approximate surface area is 82.6 Å². The van der Waals surface area contributed by atoms with E-state index in [0.29, 0.717) is 0 Å². The molecular formula is C11H12O3. The molecule has 2 rings (SSSR count). The van der Waals surface area contributed by atoms with E-state index in [1.165, 1.54) is 0 Å². The summed E-state index contributed by atoms with van der Waals surface area (Å²) >= 11 is 0. The predicted molar refractivity (Wildman–Crippen MR) is 50.4 cm³/mol. The average Bonchev–Trinajstić information content (AvgIpc) is 2.41. The Morgan fingerprint density at radius 3 is 2.36 bits per heavy atom. The summed E-state index contributed by atoms with van der Waals surface area (Å²) in [6.45, 7) is 3.46. The lowest BCUT2D eigenvalue weighted by Crippen LogP contribution is -2.20. The van der Waals surface area contributed by atoms with Crippen molar-refractivity contribution in [1.29, 1.82) is 0 Å². The van der Waals surface area contributed by atoms with Gasteiger partial charge in [0.25, 0.3) is 0 Å². The molecule has 1 aromatic rings. The minimum atomic E-state index is -0.808. The Kier molecular flexibility index (Phi) is 2.04. The Balaban J connectivity index is 2.26. The second-order valence-corrected chi connectivity index (χ2v) is 3.73. The van der Waals surface area contributed by atoms with Crippen LogP contribution in [0.15, 0.2) is 30.3 Å². The third kappa shape index (κ3) is 1.63. The number of rotatable bonds is 1. The maximum atomic E-state index is 11.4. The van der Waals surface area contributed by atoms with Crippen LogP contribution in [-0.2, 0) is 14.3 Å². The molecule has 14 heavy (non-hydrogen) atoms. The van der Waals surface area contributed by atoms with Crippen molar-refractivity contribution in [3.63, 3.8) is 0 Å². The van der Waals surface area contributed by atoms with Gasteiger partial charge in [0.1, 0.15) is 0 Å². The van der Waals surface area contributed by atoms with Crippen molar-refractivity contribution < 1.29 is 14.3 Å². The predicted octanol–water partition coefficient (Wildman–Crippen LogP) is 2.04. The molecule has 1 atom stereocenters. The lowest BCUT2D eigenvalue weighted by atomic mass is 10.1. The third-order valence-electron chi connectivity index (χ3n) is 2.06. The molecule has 0 unspecified atom stereocenters. The van der Waals surface area contributed by atoms with Gasteiger partial charge in [-0.3, -0.25) is 0 Å². The van der Waals surface area contributed by atoms with Gasteiger partial charge in [0.05, 0.1) is 0 Å². The van der Waals surface area contributed by atoms with Crippen LogP contribution < -0.4 is 0 Å². The summed E-state index contributed by atoms with van der Waals surface area (Å²) < 4.78 is 10.5. The lowest BCUT2D eigenvalue weighted by Gasteiger charge is -2.15. The highest BCUT2D eigenvalue weighted by molar-refractivity contribution is 5.78. The van der Waals surface area contributed by atoms with Crippen molar-refractivity contribution in [3.8, 4) is 0 Å². The molecule has 0 bridgehead atoms. The van der Waals surface area contributed by atoms with Crippen molar-refractivity contribution in [3.05, 3.63) is 35.9 Å². The van der Waals surface area contributed by atoms with Gasteiger partial charge in [-0.25, -0.2) is 4.79 Å². The normalized spacial score (nSPS) is 24.7. The zero-order chi connectivity index (χ0) is 10.2. The highest BCUT2D eigenvalue weighted by Crippen LogP contribution is 2.33. The maximum Gasteiger partial charge on any atom is 0.342 e. The van der Waals surface area contributed by atoms with Crippen LogP contribution in [0.2, 0.25) is 0 Å². The van der Waals surface area contributed by atoms with Crippen LogP contribution in [-0.4, -0.2) is 11.8 Å². The van der Waals surface area contributed by atoms with Crippen molar-refractivity contribution in [1.82, 2.24) is 0 Å². The number of cyclic esters (lactones) is 1. The molecule has 3 nitrogen and oxygen atoms in total. The van der Waals surface area contributed by atoms with Crippen LogP contribution in [0.3, 0.4) is 0 Å². The van der Waals surface area contributed by atoms with E-state index in [2.05, 4.69) is 0 Å². The van der Waals surface area contributed by atoms with E-state index < -0.39 is 11.9 Å². The molecule has 1 aliphatic heterocycles. The van der Waals surface area contributed by atoms with Gasteiger partial charge in [0.15, 0.2) is 6.10 Å². The lowest BCUT2D eigenvalue weighted by molar-refractivity contribution is -0.160. The molecule has 0 spiro atoms. The third-order valence-corrected chi connectivity index (χ3v) is 2.06. The molecule has 1 heterocycles. The van der Waals surface area contributed by atoms with E-state index in [1.807, 2.05) is 30.3 Å². The molecule has 0 amide bonds. The number of carbonyl (C=O) groups excluding carboxylic acids is 1. The quantitative estimate of drug-likeness (QED) is 0.639. The molecule has 0 saturated carbocycles. The first-order chi connectivity index (χ1) is 6.58. The van der Waals surface area contributed by atoms with Crippen LogP contribution in [0, 0.1) is 0 Å². The van der Waals surface area contributed by atoms with Crippen LogP contribution in [0.25, 0.3) is 0 Å². The van der Waals surface area contributed by atoms with E-state index in [-0.39, 0.29) is 5.97 Å².